The Morgan fingerprint density at radius 1 is 1.22 bits per heavy atom. The standard InChI is InChI=1S/C12H17Cl2NO2S/c1-9-4-5-11(10(2)6-9)18(16,17)15-12(3,7-13)8-14/h4-6,15H,7-8H2,1-3H3. The SMILES string of the molecule is Cc1ccc(S(=O)(=O)NC(C)(CCl)CCl)c(C)c1. The number of nitrogens with one attached hydrogen (secondary N) is 1. The van der Waals surface area contributed by atoms with Gasteiger partial charge in [0.05, 0.1) is 10.4 Å². The maximum Gasteiger partial charge on any atom is 0.241 e. The molecule has 0 bridgehead atoms. The molecule has 1 aromatic carbocycles. The van der Waals surface area contributed by atoms with Crippen LogP contribution in [0, 0.1) is 13.8 Å². The second-order valence-electron chi connectivity index (χ2n) is 4.70. The average molecular weight is 310 g/mol. The van der Waals surface area contributed by atoms with Crippen LogP contribution in [0.1, 0.15) is 18.1 Å². The molecule has 18 heavy (non-hydrogen) atoms. The van der Waals surface area contributed by atoms with Crippen molar-refractivity contribution in [1.29, 1.82) is 0 Å². The van der Waals surface area contributed by atoms with E-state index in [-0.39, 0.29) is 16.7 Å². The summed E-state index contributed by atoms with van der Waals surface area (Å²) in [6.07, 6.45) is 0. The van der Waals surface area contributed by atoms with Gasteiger partial charge in [-0.05, 0) is 32.4 Å². The third-order valence-corrected chi connectivity index (χ3v) is 5.57. The minimum absolute atomic E-state index is 0.112. The lowest BCUT2D eigenvalue weighted by Gasteiger charge is -2.26. The van der Waals surface area contributed by atoms with Gasteiger partial charge in [0.2, 0.25) is 10.0 Å². The Kier molecular flexibility index (Phi) is 5.06. The van der Waals surface area contributed by atoms with Gasteiger partial charge in [-0.1, -0.05) is 17.7 Å². The van der Waals surface area contributed by atoms with E-state index >= 15 is 0 Å². The Morgan fingerprint density at radius 3 is 2.22 bits per heavy atom. The van der Waals surface area contributed by atoms with Gasteiger partial charge in [-0.3, -0.25) is 0 Å². The molecule has 0 aliphatic carbocycles. The molecule has 0 fully saturated rings. The molecule has 0 atom stereocenters. The zero-order chi connectivity index (χ0) is 14.0. The van der Waals surface area contributed by atoms with Crippen molar-refractivity contribution in [3.8, 4) is 0 Å². The van der Waals surface area contributed by atoms with Gasteiger partial charge < -0.3 is 0 Å². The summed E-state index contributed by atoms with van der Waals surface area (Å²) in [7, 11) is -3.61. The summed E-state index contributed by atoms with van der Waals surface area (Å²) >= 11 is 11.5. The molecule has 6 heteroatoms. The van der Waals surface area contributed by atoms with Gasteiger partial charge in [-0.2, -0.15) is 0 Å². The van der Waals surface area contributed by atoms with Crippen molar-refractivity contribution in [2.75, 3.05) is 11.8 Å². The number of benzene rings is 1. The van der Waals surface area contributed by atoms with Crippen molar-refractivity contribution >= 4 is 33.2 Å². The number of alkyl halides is 2. The lowest BCUT2D eigenvalue weighted by molar-refractivity contribution is 0.500. The first kappa shape index (κ1) is 15.8. The van der Waals surface area contributed by atoms with Crippen LogP contribution in [-0.2, 0) is 10.0 Å². The van der Waals surface area contributed by atoms with Gasteiger partial charge in [-0.25, -0.2) is 13.1 Å². The van der Waals surface area contributed by atoms with Gasteiger partial charge >= 0.3 is 0 Å². The molecule has 0 spiro atoms. The highest BCUT2D eigenvalue weighted by atomic mass is 35.5. The molecule has 0 saturated carbocycles. The molecular formula is C12H17Cl2NO2S. The van der Waals surface area contributed by atoms with Gasteiger partial charge in [0.1, 0.15) is 0 Å². The fourth-order valence-electron chi connectivity index (χ4n) is 1.57. The third kappa shape index (κ3) is 3.60. The van der Waals surface area contributed by atoms with Crippen molar-refractivity contribution in [2.45, 2.75) is 31.2 Å². The maximum atomic E-state index is 12.3. The third-order valence-electron chi connectivity index (χ3n) is 2.59. The number of sulfonamides is 1. The van der Waals surface area contributed by atoms with Crippen LogP contribution in [0.4, 0.5) is 0 Å². The predicted octanol–water partition coefficient (Wildman–Crippen LogP) is 2.82. The molecular weight excluding hydrogens is 293 g/mol. The van der Waals surface area contributed by atoms with E-state index in [1.165, 1.54) is 0 Å². The summed E-state index contributed by atoms with van der Waals surface area (Å²) in [6.45, 7) is 5.35. The smallest absolute Gasteiger partial charge is 0.207 e. The molecule has 3 nitrogen and oxygen atoms in total. The maximum absolute atomic E-state index is 12.3. The Hall–Kier alpha value is -0.290. The number of halogens is 2. The molecule has 0 aromatic heterocycles. The lowest BCUT2D eigenvalue weighted by atomic mass is 10.1. The van der Waals surface area contributed by atoms with Crippen LogP contribution in [0.2, 0.25) is 0 Å². The second-order valence-corrected chi connectivity index (χ2v) is 6.89. The first-order valence-electron chi connectivity index (χ1n) is 5.47. The number of hydrogen-bond acceptors (Lipinski definition) is 2. The lowest BCUT2D eigenvalue weighted by Crippen LogP contribution is -2.49. The summed E-state index contributed by atoms with van der Waals surface area (Å²) in [6, 6.07) is 5.18. The minimum Gasteiger partial charge on any atom is -0.207 e. The highest BCUT2D eigenvalue weighted by Crippen LogP contribution is 2.20. The zero-order valence-electron chi connectivity index (χ0n) is 10.6. The molecule has 0 aliphatic heterocycles. The van der Waals surface area contributed by atoms with E-state index in [1.54, 1.807) is 26.0 Å². The van der Waals surface area contributed by atoms with Crippen LogP contribution >= 0.6 is 23.2 Å². The van der Waals surface area contributed by atoms with Gasteiger partial charge in [-0.15, -0.1) is 23.2 Å². The molecule has 1 aromatic rings. The molecule has 0 heterocycles. The van der Waals surface area contributed by atoms with Crippen LogP contribution in [0.5, 0.6) is 0 Å². The number of rotatable bonds is 5. The van der Waals surface area contributed by atoms with E-state index in [2.05, 4.69) is 4.72 Å². The predicted molar refractivity (Wildman–Crippen MR) is 76.1 cm³/mol. The summed E-state index contributed by atoms with van der Waals surface area (Å²) in [5.41, 5.74) is 0.872. The van der Waals surface area contributed by atoms with Crippen molar-refractivity contribution < 1.29 is 8.42 Å². The van der Waals surface area contributed by atoms with Crippen LogP contribution < -0.4 is 4.72 Å². The monoisotopic (exact) mass is 309 g/mol. The first-order valence-corrected chi connectivity index (χ1v) is 8.02. The molecule has 0 radical (unpaired) electrons. The fourth-order valence-corrected chi connectivity index (χ4v) is 3.78. The Labute approximate surface area is 119 Å². The highest BCUT2D eigenvalue weighted by Gasteiger charge is 2.29. The highest BCUT2D eigenvalue weighted by molar-refractivity contribution is 7.89. The van der Waals surface area contributed by atoms with E-state index in [0.717, 1.165) is 5.56 Å². The number of aryl methyl sites for hydroxylation is 2. The second kappa shape index (κ2) is 5.78. The van der Waals surface area contributed by atoms with Crippen molar-refractivity contribution in [2.24, 2.45) is 0 Å². The summed E-state index contributed by atoms with van der Waals surface area (Å²) in [5, 5.41) is 0. The van der Waals surface area contributed by atoms with Crippen LogP contribution in [0.15, 0.2) is 23.1 Å². The summed E-state index contributed by atoms with van der Waals surface area (Å²) < 4.78 is 27.1. The summed E-state index contributed by atoms with van der Waals surface area (Å²) in [4.78, 5) is 0.259. The van der Waals surface area contributed by atoms with Crippen molar-refractivity contribution in [3.63, 3.8) is 0 Å². The Bertz CT molecular complexity index is 525. The Balaban J connectivity index is 3.15. The quantitative estimate of drug-likeness (QED) is 0.850. The normalized spacial score (nSPS) is 12.7. The van der Waals surface area contributed by atoms with E-state index in [0.29, 0.717) is 5.56 Å². The van der Waals surface area contributed by atoms with Crippen molar-refractivity contribution in [3.05, 3.63) is 29.3 Å². The van der Waals surface area contributed by atoms with E-state index < -0.39 is 15.6 Å². The molecule has 0 unspecified atom stereocenters. The zero-order valence-corrected chi connectivity index (χ0v) is 13.0. The average Bonchev–Trinajstić information content (AvgIpc) is 2.27. The largest absolute Gasteiger partial charge is 0.241 e. The van der Waals surface area contributed by atoms with E-state index in [1.807, 2.05) is 13.0 Å². The molecule has 102 valence electrons. The van der Waals surface area contributed by atoms with E-state index in [4.69, 9.17) is 23.2 Å². The van der Waals surface area contributed by atoms with Gasteiger partial charge in [0.15, 0.2) is 0 Å². The first-order chi connectivity index (χ1) is 8.24. The molecule has 0 saturated heterocycles. The molecule has 1 rings (SSSR count). The van der Waals surface area contributed by atoms with Gasteiger partial charge in [0, 0.05) is 11.8 Å². The summed E-state index contributed by atoms with van der Waals surface area (Å²) in [5.74, 6) is 0.223. The number of hydrogen-bond donors (Lipinski definition) is 1. The van der Waals surface area contributed by atoms with Crippen LogP contribution in [-0.4, -0.2) is 25.7 Å². The van der Waals surface area contributed by atoms with Crippen LogP contribution in [0.3, 0.4) is 0 Å². The fraction of sp³-hybridized carbons (Fsp3) is 0.500. The molecule has 1 N–H and O–H groups in total. The van der Waals surface area contributed by atoms with E-state index in [9.17, 15) is 8.42 Å². The Morgan fingerprint density at radius 2 is 1.78 bits per heavy atom. The topological polar surface area (TPSA) is 46.2 Å². The minimum atomic E-state index is -3.61. The molecule has 0 amide bonds. The van der Waals surface area contributed by atoms with Gasteiger partial charge in [0.25, 0.3) is 0 Å². The van der Waals surface area contributed by atoms with Crippen molar-refractivity contribution in [1.82, 2.24) is 4.72 Å². The molecule has 0 aliphatic rings. The van der Waals surface area contributed by atoms with Crippen LogP contribution in [0.25, 0.3) is 0 Å².